The summed E-state index contributed by atoms with van der Waals surface area (Å²) in [6.07, 6.45) is 2.93. The van der Waals surface area contributed by atoms with E-state index in [1.54, 1.807) is 30.5 Å². The lowest BCUT2D eigenvalue weighted by Crippen LogP contribution is -2.36. The van der Waals surface area contributed by atoms with Gasteiger partial charge in [-0.15, -0.1) is 0 Å². The number of hydrogen-bond acceptors (Lipinski definition) is 5. The number of rotatable bonds is 4. The third kappa shape index (κ3) is 3.46. The summed E-state index contributed by atoms with van der Waals surface area (Å²) in [6, 6.07) is 13.7. The molecular weight excluding hydrogens is 342 g/mol. The molecule has 1 aliphatic rings. The van der Waals surface area contributed by atoms with Crippen LogP contribution in [0.4, 0.5) is 4.79 Å². The Morgan fingerprint density at radius 2 is 1.96 bits per heavy atom. The number of carbonyl (C=O) groups excluding carboxylic acids is 1. The van der Waals surface area contributed by atoms with Crippen molar-refractivity contribution < 1.29 is 14.3 Å². The van der Waals surface area contributed by atoms with Crippen LogP contribution in [0.15, 0.2) is 54.9 Å². The van der Waals surface area contributed by atoms with Crippen LogP contribution in [0, 0.1) is 6.92 Å². The number of ether oxygens (including phenoxy) is 2. The average molecular weight is 361 g/mol. The van der Waals surface area contributed by atoms with Gasteiger partial charge in [0.05, 0.1) is 20.2 Å². The predicted molar refractivity (Wildman–Crippen MR) is 100 cm³/mol. The van der Waals surface area contributed by atoms with Gasteiger partial charge in [-0.1, -0.05) is 18.2 Å². The summed E-state index contributed by atoms with van der Waals surface area (Å²) in [5, 5.41) is 0. The van der Waals surface area contributed by atoms with Gasteiger partial charge in [-0.25, -0.2) is 14.8 Å². The molecule has 6 heteroatoms. The van der Waals surface area contributed by atoms with Gasteiger partial charge in [-0.2, -0.15) is 0 Å². The van der Waals surface area contributed by atoms with Crippen molar-refractivity contribution in [2.75, 3.05) is 7.11 Å². The Kier molecular flexibility index (Phi) is 4.46. The minimum absolute atomic E-state index is 0.303. The van der Waals surface area contributed by atoms with E-state index in [4.69, 9.17) is 9.47 Å². The van der Waals surface area contributed by atoms with Crippen molar-refractivity contribution in [2.24, 2.45) is 0 Å². The summed E-state index contributed by atoms with van der Waals surface area (Å²) < 4.78 is 11.0. The van der Waals surface area contributed by atoms with E-state index in [1.807, 2.05) is 37.3 Å². The van der Waals surface area contributed by atoms with Crippen molar-refractivity contribution in [1.82, 2.24) is 14.9 Å². The monoisotopic (exact) mass is 361 g/mol. The van der Waals surface area contributed by atoms with E-state index in [9.17, 15) is 4.79 Å². The molecule has 2 heterocycles. The van der Waals surface area contributed by atoms with Crippen LogP contribution in [0.2, 0.25) is 0 Å². The number of aryl methyl sites for hydroxylation is 1. The number of amides is 1. The lowest BCUT2D eigenvalue weighted by Gasteiger charge is -2.27. The second kappa shape index (κ2) is 7.07. The van der Waals surface area contributed by atoms with Crippen LogP contribution < -0.4 is 9.47 Å². The molecule has 0 saturated heterocycles. The number of nitrogens with zero attached hydrogens (tertiary/aromatic N) is 3. The van der Waals surface area contributed by atoms with Crippen molar-refractivity contribution in [3.63, 3.8) is 0 Å². The van der Waals surface area contributed by atoms with E-state index in [0.717, 1.165) is 28.0 Å². The number of carbonyl (C=O) groups is 1. The zero-order valence-electron chi connectivity index (χ0n) is 15.2. The molecule has 1 amide bonds. The average Bonchev–Trinajstić information content (AvgIpc) is 2.69. The number of methoxy groups -OCH3 is 1. The lowest BCUT2D eigenvalue weighted by molar-refractivity contribution is 0.134. The zero-order valence-corrected chi connectivity index (χ0v) is 15.2. The maximum Gasteiger partial charge on any atom is 0.415 e. The van der Waals surface area contributed by atoms with Crippen molar-refractivity contribution in [2.45, 2.75) is 20.0 Å². The van der Waals surface area contributed by atoms with E-state index in [2.05, 4.69) is 16.0 Å². The van der Waals surface area contributed by atoms with Crippen molar-refractivity contribution in [1.29, 1.82) is 0 Å². The van der Waals surface area contributed by atoms with Crippen LogP contribution in [-0.4, -0.2) is 28.1 Å². The highest BCUT2D eigenvalue weighted by Gasteiger charge is 2.26. The summed E-state index contributed by atoms with van der Waals surface area (Å²) in [5.74, 6) is 1.98. The predicted octanol–water partition coefficient (Wildman–Crippen LogP) is 3.98. The number of fused-ring (bicyclic) bond motifs is 1. The highest BCUT2D eigenvalue weighted by atomic mass is 16.6. The van der Waals surface area contributed by atoms with Gasteiger partial charge in [0.2, 0.25) is 0 Å². The van der Waals surface area contributed by atoms with Gasteiger partial charge < -0.3 is 9.47 Å². The van der Waals surface area contributed by atoms with E-state index in [0.29, 0.717) is 24.7 Å². The van der Waals surface area contributed by atoms with Gasteiger partial charge in [0.1, 0.15) is 17.3 Å². The standard InChI is InChI=1S/C21H19N3O3/c1-14-4-6-17(19(10-14)26-2)15-5-7-18-16(11-15)12-24(21(25)27-18)13-20-22-8-3-9-23-20/h3-11H,12-13H2,1-2H3. The van der Waals surface area contributed by atoms with Gasteiger partial charge >= 0.3 is 6.09 Å². The van der Waals surface area contributed by atoms with Gasteiger partial charge in [-0.05, 0) is 42.3 Å². The van der Waals surface area contributed by atoms with E-state index in [-0.39, 0.29) is 0 Å². The Morgan fingerprint density at radius 1 is 1.15 bits per heavy atom. The first-order valence-corrected chi connectivity index (χ1v) is 8.64. The molecule has 0 unspecified atom stereocenters. The first-order valence-electron chi connectivity index (χ1n) is 8.64. The minimum Gasteiger partial charge on any atom is -0.496 e. The summed E-state index contributed by atoms with van der Waals surface area (Å²) in [7, 11) is 1.67. The second-order valence-corrected chi connectivity index (χ2v) is 6.42. The smallest absolute Gasteiger partial charge is 0.415 e. The molecule has 27 heavy (non-hydrogen) atoms. The van der Waals surface area contributed by atoms with Crippen LogP contribution in [0.1, 0.15) is 17.0 Å². The number of hydrogen-bond donors (Lipinski definition) is 0. The van der Waals surface area contributed by atoms with Crippen molar-refractivity contribution in [3.05, 3.63) is 71.8 Å². The zero-order chi connectivity index (χ0) is 18.8. The van der Waals surface area contributed by atoms with Crippen LogP contribution in [0.25, 0.3) is 11.1 Å². The maximum absolute atomic E-state index is 12.3. The molecule has 0 spiro atoms. The lowest BCUT2D eigenvalue weighted by atomic mass is 9.99. The van der Waals surface area contributed by atoms with Gasteiger partial charge in [0.25, 0.3) is 0 Å². The summed E-state index contributed by atoms with van der Waals surface area (Å²) in [5.41, 5.74) is 4.09. The van der Waals surface area contributed by atoms with Crippen LogP contribution in [0.5, 0.6) is 11.5 Å². The molecule has 0 bridgehead atoms. The van der Waals surface area contributed by atoms with Crippen LogP contribution in [0.3, 0.4) is 0 Å². The number of aromatic nitrogens is 2. The SMILES string of the molecule is COc1cc(C)ccc1-c1ccc2c(c1)CN(Cc1ncccn1)C(=O)O2. The summed E-state index contributed by atoms with van der Waals surface area (Å²) >= 11 is 0. The third-order valence-corrected chi connectivity index (χ3v) is 4.50. The molecule has 1 aliphatic heterocycles. The normalized spacial score (nSPS) is 13.1. The Morgan fingerprint density at radius 3 is 2.74 bits per heavy atom. The Hall–Kier alpha value is -3.41. The number of benzene rings is 2. The first-order chi connectivity index (χ1) is 13.1. The van der Waals surface area contributed by atoms with Crippen molar-refractivity contribution in [3.8, 4) is 22.6 Å². The minimum atomic E-state index is -0.393. The third-order valence-electron chi connectivity index (χ3n) is 4.50. The molecule has 0 atom stereocenters. The quantitative estimate of drug-likeness (QED) is 0.703. The fourth-order valence-corrected chi connectivity index (χ4v) is 3.14. The Bertz CT molecular complexity index is 989. The van der Waals surface area contributed by atoms with E-state index >= 15 is 0 Å². The molecule has 0 N–H and O–H groups in total. The van der Waals surface area contributed by atoms with Crippen LogP contribution in [-0.2, 0) is 13.1 Å². The van der Waals surface area contributed by atoms with E-state index in [1.165, 1.54) is 0 Å². The summed E-state index contributed by atoms with van der Waals surface area (Å²) in [6.45, 7) is 2.77. The topological polar surface area (TPSA) is 64.5 Å². The Labute approximate surface area is 157 Å². The molecule has 1 aromatic heterocycles. The van der Waals surface area contributed by atoms with Gasteiger partial charge in [-0.3, -0.25) is 4.90 Å². The molecule has 2 aromatic carbocycles. The van der Waals surface area contributed by atoms with Crippen LogP contribution >= 0.6 is 0 Å². The molecule has 0 aliphatic carbocycles. The molecule has 0 radical (unpaired) electrons. The Balaban J connectivity index is 1.64. The summed E-state index contributed by atoms with van der Waals surface area (Å²) in [4.78, 5) is 22.2. The molecule has 6 nitrogen and oxygen atoms in total. The largest absolute Gasteiger partial charge is 0.496 e. The molecule has 136 valence electrons. The maximum atomic E-state index is 12.3. The highest BCUT2D eigenvalue weighted by molar-refractivity contribution is 5.76. The molecule has 3 aromatic rings. The molecular formula is C21H19N3O3. The fraction of sp³-hybridized carbons (Fsp3) is 0.190. The molecule has 4 rings (SSSR count). The van der Waals surface area contributed by atoms with E-state index < -0.39 is 6.09 Å². The second-order valence-electron chi connectivity index (χ2n) is 6.42. The highest BCUT2D eigenvalue weighted by Crippen LogP contribution is 2.35. The molecule has 0 saturated carbocycles. The van der Waals surface area contributed by atoms with Gasteiger partial charge in [0.15, 0.2) is 0 Å². The first kappa shape index (κ1) is 17.0. The molecule has 0 fully saturated rings. The van der Waals surface area contributed by atoms with Gasteiger partial charge in [0, 0.05) is 23.5 Å². The fourth-order valence-electron chi connectivity index (χ4n) is 3.14. The van der Waals surface area contributed by atoms with Crippen molar-refractivity contribution >= 4 is 6.09 Å².